The summed E-state index contributed by atoms with van der Waals surface area (Å²) in [5.41, 5.74) is 20.7. The molecule has 0 unspecified atom stereocenters. The topological polar surface area (TPSA) is 29.5 Å². The van der Waals surface area contributed by atoms with Gasteiger partial charge in [-0.3, -0.25) is 0 Å². The fourth-order valence-corrected chi connectivity index (χ4v) is 9.34. The maximum absolute atomic E-state index is 6.80. The number of benzene rings is 9. The summed E-state index contributed by atoms with van der Waals surface area (Å²) in [5.74, 6) is 0. The molecular formula is C58H43NO2. The molecule has 2 aromatic heterocycles. The van der Waals surface area contributed by atoms with E-state index in [0.717, 1.165) is 83.2 Å². The van der Waals surface area contributed by atoms with Crippen LogP contribution < -0.4 is 4.90 Å². The van der Waals surface area contributed by atoms with Gasteiger partial charge in [0.15, 0.2) is 11.2 Å². The van der Waals surface area contributed by atoms with Gasteiger partial charge in [-0.1, -0.05) is 146 Å². The maximum Gasteiger partial charge on any atom is 0.159 e. The molecule has 0 saturated heterocycles. The van der Waals surface area contributed by atoms with Gasteiger partial charge < -0.3 is 13.7 Å². The fourth-order valence-electron chi connectivity index (χ4n) is 9.34. The van der Waals surface area contributed by atoms with E-state index in [1.165, 1.54) is 44.5 Å². The lowest BCUT2D eigenvalue weighted by Gasteiger charge is -2.27. The minimum atomic E-state index is 0.820. The van der Waals surface area contributed by atoms with Crippen LogP contribution in [-0.2, 0) is 0 Å². The summed E-state index contributed by atoms with van der Waals surface area (Å²) in [5, 5.41) is 4.31. The molecule has 3 heteroatoms. The van der Waals surface area contributed by atoms with Gasteiger partial charge in [0.1, 0.15) is 11.2 Å². The van der Waals surface area contributed by atoms with E-state index in [1.54, 1.807) is 0 Å². The Morgan fingerprint density at radius 2 is 0.721 bits per heavy atom. The number of aryl methyl sites for hydroxylation is 4. The van der Waals surface area contributed by atoms with Crippen LogP contribution in [0.15, 0.2) is 197 Å². The van der Waals surface area contributed by atoms with E-state index in [4.69, 9.17) is 8.83 Å². The zero-order valence-electron chi connectivity index (χ0n) is 34.7. The van der Waals surface area contributed by atoms with E-state index in [2.05, 4.69) is 196 Å². The minimum Gasteiger partial charge on any atom is -0.454 e. The van der Waals surface area contributed by atoms with Gasteiger partial charge in [-0.05, 0) is 137 Å². The first kappa shape index (κ1) is 36.5. The Morgan fingerprint density at radius 3 is 1.18 bits per heavy atom. The van der Waals surface area contributed by atoms with Crippen LogP contribution in [0.5, 0.6) is 0 Å². The van der Waals surface area contributed by atoms with Crippen LogP contribution in [0.3, 0.4) is 0 Å². The molecule has 0 aliphatic carbocycles. The second-order valence-corrected chi connectivity index (χ2v) is 16.3. The third-order valence-corrected chi connectivity index (χ3v) is 12.4. The van der Waals surface area contributed by atoms with Gasteiger partial charge in [-0.2, -0.15) is 0 Å². The van der Waals surface area contributed by atoms with E-state index >= 15 is 0 Å². The Hall–Kier alpha value is -7.62. The number of furan rings is 2. The van der Waals surface area contributed by atoms with Crippen molar-refractivity contribution in [3.8, 4) is 44.5 Å². The van der Waals surface area contributed by atoms with Crippen LogP contribution in [-0.4, -0.2) is 0 Å². The van der Waals surface area contributed by atoms with E-state index in [0.29, 0.717) is 0 Å². The molecule has 61 heavy (non-hydrogen) atoms. The fraction of sp³-hybridized carbons (Fsp3) is 0.0690. The van der Waals surface area contributed by atoms with Crippen molar-refractivity contribution in [3.05, 3.63) is 210 Å². The van der Waals surface area contributed by atoms with Gasteiger partial charge in [0.2, 0.25) is 0 Å². The van der Waals surface area contributed by atoms with Gasteiger partial charge >= 0.3 is 0 Å². The normalized spacial score (nSPS) is 11.6. The highest BCUT2D eigenvalue weighted by atomic mass is 16.3. The number of nitrogens with zero attached hydrogens (tertiary/aromatic N) is 1. The molecule has 11 aromatic rings. The summed E-state index contributed by atoms with van der Waals surface area (Å²) in [6, 6.07) is 67.5. The third kappa shape index (κ3) is 6.20. The highest BCUT2D eigenvalue weighted by molar-refractivity contribution is 6.14. The molecule has 0 radical (unpaired) electrons. The minimum absolute atomic E-state index is 0.820. The second-order valence-electron chi connectivity index (χ2n) is 16.3. The standard InChI is InChI=1S/C58H43NO2/c1-36-15-5-7-17-45(36)47-29-27-40(31-38(47)3)42-33-43(41-28-30-48(39(4)32-41)46-18-8-6-16-37(46)2)35-44(34-42)59(53-23-13-21-51-49-19-9-11-25-55(49)60-57(51)53)54-24-14-22-52-50-20-10-12-26-56(50)61-58(52)54/h5-35H,1-4H3. The van der Waals surface area contributed by atoms with Crippen LogP contribution in [0.2, 0.25) is 0 Å². The molecule has 0 N–H and O–H groups in total. The van der Waals surface area contributed by atoms with Crippen LogP contribution in [0.4, 0.5) is 17.1 Å². The molecule has 3 nitrogen and oxygen atoms in total. The molecule has 0 amide bonds. The largest absolute Gasteiger partial charge is 0.454 e. The SMILES string of the molecule is Cc1ccccc1-c1ccc(-c2cc(-c3ccc(-c4ccccc4C)c(C)c3)cc(N(c3cccc4c3oc3ccccc34)c3cccc4c3oc3ccccc34)c2)cc1C. The molecule has 0 aliphatic rings. The highest BCUT2D eigenvalue weighted by Crippen LogP contribution is 2.48. The van der Waals surface area contributed by atoms with Gasteiger partial charge in [0.05, 0.1) is 11.4 Å². The molecule has 0 saturated carbocycles. The molecular weight excluding hydrogens is 743 g/mol. The van der Waals surface area contributed by atoms with E-state index < -0.39 is 0 Å². The molecule has 2 heterocycles. The van der Waals surface area contributed by atoms with Crippen molar-refractivity contribution in [2.24, 2.45) is 0 Å². The Morgan fingerprint density at radius 1 is 0.311 bits per heavy atom. The van der Waals surface area contributed by atoms with Crippen molar-refractivity contribution in [1.29, 1.82) is 0 Å². The zero-order valence-corrected chi connectivity index (χ0v) is 34.7. The Kier molecular flexibility index (Phi) is 8.72. The summed E-state index contributed by atoms with van der Waals surface area (Å²) >= 11 is 0. The van der Waals surface area contributed by atoms with Gasteiger partial charge in [-0.15, -0.1) is 0 Å². The van der Waals surface area contributed by atoms with Crippen LogP contribution in [0.25, 0.3) is 88.4 Å². The predicted molar refractivity (Wildman–Crippen MR) is 256 cm³/mol. The zero-order chi connectivity index (χ0) is 41.2. The molecule has 9 aromatic carbocycles. The molecule has 0 fully saturated rings. The van der Waals surface area contributed by atoms with Crippen molar-refractivity contribution >= 4 is 60.9 Å². The first-order chi connectivity index (χ1) is 29.9. The summed E-state index contributed by atoms with van der Waals surface area (Å²) in [6.45, 7) is 8.82. The highest BCUT2D eigenvalue weighted by Gasteiger charge is 2.24. The number of hydrogen-bond donors (Lipinski definition) is 0. The summed E-state index contributed by atoms with van der Waals surface area (Å²) in [4.78, 5) is 2.34. The van der Waals surface area contributed by atoms with Crippen molar-refractivity contribution in [2.75, 3.05) is 4.90 Å². The van der Waals surface area contributed by atoms with Crippen molar-refractivity contribution < 1.29 is 8.83 Å². The van der Waals surface area contributed by atoms with E-state index in [-0.39, 0.29) is 0 Å². The molecule has 11 rings (SSSR count). The number of anilines is 3. The molecule has 292 valence electrons. The van der Waals surface area contributed by atoms with Crippen LogP contribution >= 0.6 is 0 Å². The lowest BCUT2D eigenvalue weighted by Crippen LogP contribution is -2.11. The average molecular weight is 786 g/mol. The summed E-state index contributed by atoms with van der Waals surface area (Å²) < 4.78 is 13.6. The Bertz CT molecular complexity index is 3260. The first-order valence-electron chi connectivity index (χ1n) is 21.0. The van der Waals surface area contributed by atoms with E-state index in [1.807, 2.05) is 24.3 Å². The Balaban J connectivity index is 1.18. The van der Waals surface area contributed by atoms with Gasteiger partial charge in [-0.25, -0.2) is 0 Å². The molecule has 0 aliphatic heterocycles. The van der Waals surface area contributed by atoms with E-state index in [9.17, 15) is 0 Å². The van der Waals surface area contributed by atoms with Crippen LogP contribution in [0.1, 0.15) is 22.3 Å². The summed E-state index contributed by atoms with van der Waals surface area (Å²) in [7, 11) is 0. The lowest BCUT2D eigenvalue weighted by molar-refractivity contribution is 0.666. The Labute approximate surface area is 355 Å². The second kappa shape index (κ2) is 14.6. The van der Waals surface area contributed by atoms with Gasteiger partial charge in [0.25, 0.3) is 0 Å². The first-order valence-corrected chi connectivity index (χ1v) is 21.0. The summed E-state index contributed by atoms with van der Waals surface area (Å²) in [6.07, 6.45) is 0. The number of fused-ring (bicyclic) bond motifs is 6. The van der Waals surface area contributed by atoms with Crippen LogP contribution in [0, 0.1) is 27.7 Å². The third-order valence-electron chi connectivity index (χ3n) is 12.4. The van der Waals surface area contributed by atoms with Crippen molar-refractivity contribution in [3.63, 3.8) is 0 Å². The van der Waals surface area contributed by atoms with Gasteiger partial charge in [0, 0.05) is 27.2 Å². The maximum atomic E-state index is 6.80. The van der Waals surface area contributed by atoms with Crippen molar-refractivity contribution in [1.82, 2.24) is 0 Å². The predicted octanol–water partition coefficient (Wildman–Crippen LogP) is 16.9. The molecule has 0 atom stereocenters. The smallest absolute Gasteiger partial charge is 0.159 e. The molecule has 0 spiro atoms. The quantitative estimate of drug-likeness (QED) is 0.161. The molecule has 0 bridgehead atoms. The number of hydrogen-bond acceptors (Lipinski definition) is 3. The number of para-hydroxylation sites is 4. The monoisotopic (exact) mass is 785 g/mol. The lowest BCUT2D eigenvalue weighted by atomic mass is 9.90. The average Bonchev–Trinajstić information content (AvgIpc) is 3.87. The number of rotatable bonds is 7. The van der Waals surface area contributed by atoms with Crippen molar-refractivity contribution in [2.45, 2.75) is 27.7 Å².